The van der Waals surface area contributed by atoms with E-state index >= 15 is 0 Å². The maximum absolute atomic E-state index is 12.7. The van der Waals surface area contributed by atoms with Gasteiger partial charge < -0.3 is 19.6 Å². The lowest BCUT2D eigenvalue weighted by atomic mass is 9.78. The van der Waals surface area contributed by atoms with Gasteiger partial charge in [-0.3, -0.25) is 4.79 Å². The van der Waals surface area contributed by atoms with Crippen molar-refractivity contribution in [3.8, 4) is 0 Å². The largest absolute Gasteiger partial charge is 0.481 e. The summed E-state index contributed by atoms with van der Waals surface area (Å²) in [6.07, 6.45) is 2.85. The average Bonchev–Trinajstić information content (AvgIpc) is 2.70. The van der Waals surface area contributed by atoms with Crippen LogP contribution in [0.4, 0.5) is 4.79 Å². The van der Waals surface area contributed by atoms with Crippen LogP contribution in [0.25, 0.3) is 0 Å². The highest BCUT2D eigenvalue weighted by Gasteiger charge is 2.43. The molecule has 2 heterocycles. The Hall–Kier alpha value is -1.30. The monoisotopic (exact) mass is 298 g/mol. The zero-order chi connectivity index (χ0) is 15.5. The predicted molar refractivity (Wildman–Crippen MR) is 78.2 cm³/mol. The molecule has 6 nitrogen and oxygen atoms in total. The lowest BCUT2D eigenvalue weighted by Gasteiger charge is -2.41. The molecule has 0 aromatic rings. The number of amides is 2. The normalized spacial score (nSPS) is 30.9. The first-order chi connectivity index (χ1) is 9.98. The molecule has 0 aliphatic carbocycles. The first-order valence-electron chi connectivity index (χ1n) is 7.87. The van der Waals surface area contributed by atoms with Gasteiger partial charge in [0.05, 0.1) is 11.5 Å². The number of likely N-dealkylation sites (tertiary alicyclic amines) is 1. The van der Waals surface area contributed by atoms with Gasteiger partial charge in [0, 0.05) is 32.8 Å². The molecule has 2 unspecified atom stereocenters. The number of rotatable bonds is 2. The van der Waals surface area contributed by atoms with Crippen LogP contribution in [0.2, 0.25) is 0 Å². The Bertz CT molecular complexity index is 401. The van der Waals surface area contributed by atoms with E-state index in [0.29, 0.717) is 45.6 Å². The van der Waals surface area contributed by atoms with Crippen molar-refractivity contribution in [1.82, 2.24) is 9.80 Å². The van der Waals surface area contributed by atoms with Gasteiger partial charge in [0.15, 0.2) is 0 Å². The molecule has 2 atom stereocenters. The van der Waals surface area contributed by atoms with Gasteiger partial charge in [0.1, 0.15) is 0 Å². The van der Waals surface area contributed by atoms with Crippen molar-refractivity contribution in [2.24, 2.45) is 5.41 Å². The number of piperidine rings is 1. The summed E-state index contributed by atoms with van der Waals surface area (Å²) < 4.78 is 5.56. The number of ether oxygens (including phenoxy) is 1. The fraction of sp³-hybridized carbons (Fsp3) is 0.867. The van der Waals surface area contributed by atoms with Crippen LogP contribution in [0, 0.1) is 5.41 Å². The molecule has 120 valence electrons. The van der Waals surface area contributed by atoms with Crippen molar-refractivity contribution < 1.29 is 19.4 Å². The number of carbonyl (C=O) groups is 2. The third kappa shape index (κ3) is 3.48. The Balaban J connectivity index is 2.06. The van der Waals surface area contributed by atoms with Crippen molar-refractivity contribution in [2.45, 2.75) is 45.6 Å². The number of carboxylic acids is 1. The molecule has 6 heteroatoms. The van der Waals surface area contributed by atoms with Crippen LogP contribution in [-0.4, -0.2) is 65.8 Å². The summed E-state index contributed by atoms with van der Waals surface area (Å²) in [4.78, 5) is 27.8. The van der Waals surface area contributed by atoms with E-state index in [9.17, 15) is 14.7 Å². The summed E-state index contributed by atoms with van der Waals surface area (Å²) in [5, 5.41) is 9.51. The van der Waals surface area contributed by atoms with Crippen molar-refractivity contribution >= 4 is 12.0 Å². The molecule has 0 aromatic carbocycles. The van der Waals surface area contributed by atoms with Gasteiger partial charge in [-0.1, -0.05) is 6.92 Å². The van der Waals surface area contributed by atoms with Gasteiger partial charge in [-0.2, -0.15) is 0 Å². The first kappa shape index (κ1) is 16.1. The molecular formula is C15H26N2O4. The third-order valence-electron chi connectivity index (χ3n) is 4.70. The lowest BCUT2D eigenvalue weighted by molar-refractivity contribution is -0.152. The number of carbonyl (C=O) groups excluding carboxylic acids is 1. The summed E-state index contributed by atoms with van der Waals surface area (Å²) in [5.74, 6) is -0.782. The molecule has 2 fully saturated rings. The van der Waals surface area contributed by atoms with Crippen LogP contribution in [0.15, 0.2) is 0 Å². The van der Waals surface area contributed by atoms with Crippen LogP contribution in [0.1, 0.15) is 39.5 Å². The van der Waals surface area contributed by atoms with Gasteiger partial charge in [0.25, 0.3) is 0 Å². The van der Waals surface area contributed by atoms with E-state index in [-0.39, 0.29) is 12.1 Å². The molecule has 2 amide bonds. The molecule has 2 rings (SSSR count). The van der Waals surface area contributed by atoms with Crippen molar-refractivity contribution in [3.05, 3.63) is 0 Å². The number of urea groups is 1. The SMILES string of the molecule is CCC1(C(=O)O)CCCN(C(=O)N2CCCOC(C)C2)C1. The van der Waals surface area contributed by atoms with Gasteiger partial charge in [-0.25, -0.2) is 4.79 Å². The lowest BCUT2D eigenvalue weighted by Crippen LogP contribution is -2.54. The van der Waals surface area contributed by atoms with Gasteiger partial charge in [-0.05, 0) is 32.6 Å². The second-order valence-corrected chi connectivity index (χ2v) is 6.23. The number of hydrogen-bond donors (Lipinski definition) is 1. The third-order valence-corrected chi connectivity index (χ3v) is 4.70. The second-order valence-electron chi connectivity index (χ2n) is 6.23. The number of aliphatic carboxylic acids is 1. The Morgan fingerprint density at radius 3 is 2.67 bits per heavy atom. The fourth-order valence-corrected chi connectivity index (χ4v) is 3.28. The highest BCUT2D eigenvalue weighted by Crippen LogP contribution is 2.34. The molecule has 0 saturated carbocycles. The molecule has 0 spiro atoms. The molecular weight excluding hydrogens is 272 g/mol. The van der Waals surface area contributed by atoms with Crippen molar-refractivity contribution in [3.63, 3.8) is 0 Å². The quantitative estimate of drug-likeness (QED) is 0.844. The maximum Gasteiger partial charge on any atom is 0.320 e. The van der Waals surface area contributed by atoms with Crippen LogP contribution in [0.3, 0.4) is 0 Å². The standard InChI is InChI=1S/C15H26N2O4/c1-3-15(13(18)19)6-4-7-17(11-15)14(20)16-8-5-9-21-12(2)10-16/h12H,3-11H2,1-2H3,(H,18,19). The molecule has 0 radical (unpaired) electrons. The first-order valence-corrected chi connectivity index (χ1v) is 7.87. The van der Waals surface area contributed by atoms with Crippen LogP contribution >= 0.6 is 0 Å². The molecule has 1 N–H and O–H groups in total. The topological polar surface area (TPSA) is 70.1 Å². The van der Waals surface area contributed by atoms with E-state index in [1.165, 1.54) is 0 Å². The predicted octanol–water partition coefficient (Wildman–Crippen LogP) is 1.79. The molecule has 0 aromatic heterocycles. The molecule has 2 aliphatic heterocycles. The molecule has 0 bridgehead atoms. The van der Waals surface area contributed by atoms with E-state index in [2.05, 4.69) is 0 Å². The smallest absolute Gasteiger partial charge is 0.320 e. The van der Waals surface area contributed by atoms with E-state index < -0.39 is 11.4 Å². The van der Waals surface area contributed by atoms with Gasteiger partial charge in [-0.15, -0.1) is 0 Å². The summed E-state index contributed by atoms with van der Waals surface area (Å²) in [5.41, 5.74) is -0.776. The number of carboxylic acid groups (broad SMARTS) is 1. The van der Waals surface area contributed by atoms with Gasteiger partial charge in [0.2, 0.25) is 0 Å². The Morgan fingerprint density at radius 2 is 2.00 bits per heavy atom. The minimum absolute atomic E-state index is 0.0360. The fourth-order valence-electron chi connectivity index (χ4n) is 3.28. The summed E-state index contributed by atoms with van der Waals surface area (Å²) in [7, 11) is 0. The van der Waals surface area contributed by atoms with Crippen molar-refractivity contribution in [1.29, 1.82) is 0 Å². The minimum Gasteiger partial charge on any atom is -0.481 e. The summed E-state index contributed by atoms with van der Waals surface area (Å²) in [6, 6.07) is -0.0360. The number of hydrogen-bond acceptors (Lipinski definition) is 3. The maximum atomic E-state index is 12.7. The molecule has 2 saturated heterocycles. The zero-order valence-corrected chi connectivity index (χ0v) is 13.0. The van der Waals surface area contributed by atoms with Crippen LogP contribution in [-0.2, 0) is 9.53 Å². The van der Waals surface area contributed by atoms with E-state index in [1.54, 1.807) is 4.90 Å². The van der Waals surface area contributed by atoms with Crippen LogP contribution in [0.5, 0.6) is 0 Å². The van der Waals surface area contributed by atoms with E-state index in [0.717, 1.165) is 12.8 Å². The highest BCUT2D eigenvalue weighted by atomic mass is 16.5. The summed E-state index contributed by atoms with van der Waals surface area (Å²) in [6.45, 7) is 6.79. The Labute approximate surface area is 126 Å². The average molecular weight is 298 g/mol. The highest BCUT2D eigenvalue weighted by molar-refractivity contribution is 5.79. The second kappa shape index (κ2) is 6.64. The van der Waals surface area contributed by atoms with E-state index in [4.69, 9.17) is 4.74 Å². The molecule has 21 heavy (non-hydrogen) atoms. The van der Waals surface area contributed by atoms with Crippen molar-refractivity contribution in [2.75, 3.05) is 32.8 Å². The number of nitrogens with zero attached hydrogens (tertiary/aromatic N) is 2. The van der Waals surface area contributed by atoms with Crippen LogP contribution < -0.4 is 0 Å². The zero-order valence-electron chi connectivity index (χ0n) is 13.0. The van der Waals surface area contributed by atoms with E-state index in [1.807, 2.05) is 18.7 Å². The Kier molecular flexibility index (Phi) is 5.08. The Morgan fingerprint density at radius 1 is 1.29 bits per heavy atom. The molecule has 2 aliphatic rings. The minimum atomic E-state index is -0.782. The van der Waals surface area contributed by atoms with Gasteiger partial charge >= 0.3 is 12.0 Å². The summed E-state index contributed by atoms with van der Waals surface area (Å²) >= 11 is 0.